The number of rotatable bonds is 7. The SMILES string of the molecule is O=C(CCCc1ccc([N+](=O)[O-])cc1)N[C@@H]1O[C@H](CO)[C@H](O)[C@H](O)[C@H]1O. The largest absolute Gasteiger partial charge is 0.394 e. The van der Waals surface area contributed by atoms with E-state index in [1.807, 2.05) is 0 Å². The van der Waals surface area contributed by atoms with Gasteiger partial charge in [-0.2, -0.15) is 0 Å². The van der Waals surface area contributed by atoms with Crippen molar-refractivity contribution in [2.24, 2.45) is 0 Å². The smallest absolute Gasteiger partial charge is 0.269 e. The predicted molar refractivity (Wildman–Crippen MR) is 87.9 cm³/mol. The zero-order valence-corrected chi connectivity index (χ0v) is 13.9. The zero-order chi connectivity index (χ0) is 19.3. The first-order chi connectivity index (χ1) is 12.3. The van der Waals surface area contributed by atoms with Gasteiger partial charge in [-0.25, -0.2) is 0 Å². The minimum Gasteiger partial charge on any atom is -0.394 e. The molecule has 1 saturated heterocycles. The Hall–Kier alpha value is -2.11. The molecule has 0 aliphatic carbocycles. The summed E-state index contributed by atoms with van der Waals surface area (Å²) in [5, 5.41) is 51.3. The average Bonchev–Trinajstić information content (AvgIpc) is 2.62. The number of nitrogens with one attached hydrogen (secondary N) is 1. The number of hydrogen-bond donors (Lipinski definition) is 5. The Bertz CT molecular complexity index is 621. The number of carbonyl (C=O) groups excluding carboxylic acids is 1. The van der Waals surface area contributed by atoms with E-state index in [9.17, 15) is 30.2 Å². The maximum atomic E-state index is 12.0. The van der Waals surface area contributed by atoms with Gasteiger partial charge in [0, 0.05) is 18.6 Å². The van der Waals surface area contributed by atoms with E-state index >= 15 is 0 Å². The Labute approximate surface area is 149 Å². The molecule has 10 heteroatoms. The predicted octanol–water partition coefficient (Wildman–Crippen LogP) is -1.17. The molecule has 0 spiro atoms. The lowest BCUT2D eigenvalue weighted by atomic mass is 9.98. The summed E-state index contributed by atoms with van der Waals surface area (Å²) in [6.07, 6.45) is -5.79. The molecule has 0 radical (unpaired) electrons. The van der Waals surface area contributed by atoms with Gasteiger partial charge < -0.3 is 30.5 Å². The van der Waals surface area contributed by atoms with Crippen LogP contribution in [-0.2, 0) is 16.0 Å². The third kappa shape index (κ3) is 4.96. The molecule has 2 rings (SSSR count). The molecule has 5 atom stereocenters. The average molecular weight is 370 g/mol. The maximum Gasteiger partial charge on any atom is 0.269 e. The summed E-state index contributed by atoms with van der Waals surface area (Å²) in [5.74, 6) is -0.434. The van der Waals surface area contributed by atoms with Gasteiger partial charge in [-0.3, -0.25) is 14.9 Å². The summed E-state index contributed by atoms with van der Waals surface area (Å²) in [5.41, 5.74) is 0.838. The second kappa shape index (κ2) is 9.01. The fourth-order valence-corrected chi connectivity index (χ4v) is 2.69. The fraction of sp³-hybridized carbons (Fsp3) is 0.562. The number of non-ortho nitro benzene ring substituents is 1. The number of aliphatic hydroxyl groups is 4. The summed E-state index contributed by atoms with van der Waals surface area (Å²) in [6.45, 7) is -0.572. The van der Waals surface area contributed by atoms with Crippen LogP contribution in [-0.4, -0.2) is 68.5 Å². The topological polar surface area (TPSA) is 162 Å². The van der Waals surface area contributed by atoms with E-state index in [0.29, 0.717) is 12.8 Å². The molecule has 10 nitrogen and oxygen atoms in total. The van der Waals surface area contributed by atoms with Gasteiger partial charge in [0.2, 0.25) is 5.91 Å². The highest BCUT2D eigenvalue weighted by molar-refractivity contribution is 5.76. The number of amides is 1. The van der Waals surface area contributed by atoms with Crippen LogP contribution in [0.4, 0.5) is 5.69 Å². The molecule has 0 unspecified atom stereocenters. The molecule has 144 valence electrons. The van der Waals surface area contributed by atoms with E-state index in [1.165, 1.54) is 12.1 Å². The van der Waals surface area contributed by atoms with Crippen molar-refractivity contribution in [2.75, 3.05) is 6.61 Å². The highest BCUT2D eigenvalue weighted by Crippen LogP contribution is 2.20. The maximum absolute atomic E-state index is 12.0. The van der Waals surface area contributed by atoms with Crippen LogP contribution in [0.3, 0.4) is 0 Å². The number of benzene rings is 1. The monoisotopic (exact) mass is 370 g/mol. The number of nitrogens with zero attached hydrogens (tertiary/aromatic N) is 1. The standard InChI is InChI=1S/C16H22N2O8/c19-8-11-13(21)14(22)15(23)16(26-11)17-12(20)3-1-2-9-4-6-10(7-5-9)18(24)25/h4-7,11,13-16,19,21-23H,1-3,8H2,(H,17,20)/t11-,13+,14+,15-,16-/m1/s1. The van der Waals surface area contributed by atoms with E-state index < -0.39 is 48.1 Å². The van der Waals surface area contributed by atoms with E-state index in [4.69, 9.17) is 9.84 Å². The van der Waals surface area contributed by atoms with Crippen molar-refractivity contribution < 1.29 is 34.9 Å². The third-order valence-corrected chi connectivity index (χ3v) is 4.21. The lowest BCUT2D eigenvalue weighted by Gasteiger charge is -2.40. The number of nitro groups is 1. The zero-order valence-electron chi connectivity index (χ0n) is 13.9. The van der Waals surface area contributed by atoms with E-state index in [-0.39, 0.29) is 12.1 Å². The third-order valence-electron chi connectivity index (χ3n) is 4.21. The van der Waals surface area contributed by atoms with Gasteiger partial charge in [-0.15, -0.1) is 0 Å². The molecular formula is C16H22N2O8. The summed E-state index contributed by atoms with van der Waals surface area (Å²) in [4.78, 5) is 22.1. The Morgan fingerprint density at radius 3 is 2.38 bits per heavy atom. The Balaban J connectivity index is 1.80. The minimum absolute atomic E-state index is 0.00545. The molecule has 1 amide bonds. The first-order valence-corrected chi connectivity index (χ1v) is 8.16. The van der Waals surface area contributed by atoms with Gasteiger partial charge in [0.05, 0.1) is 11.5 Å². The molecule has 1 aliphatic heterocycles. The molecule has 1 heterocycles. The summed E-state index contributed by atoms with van der Waals surface area (Å²) >= 11 is 0. The molecule has 0 bridgehead atoms. The van der Waals surface area contributed by atoms with Crippen LogP contribution >= 0.6 is 0 Å². The van der Waals surface area contributed by atoms with Crippen molar-refractivity contribution in [1.29, 1.82) is 0 Å². The van der Waals surface area contributed by atoms with E-state index in [1.54, 1.807) is 12.1 Å². The van der Waals surface area contributed by atoms with Crippen LogP contribution in [0.15, 0.2) is 24.3 Å². The number of aliphatic hydroxyl groups excluding tert-OH is 4. The molecule has 1 aromatic rings. The Morgan fingerprint density at radius 1 is 1.15 bits per heavy atom. The van der Waals surface area contributed by atoms with Crippen LogP contribution in [0, 0.1) is 10.1 Å². The number of carbonyl (C=O) groups is 1. The van der Waals surface area contributed by atoms with Crippen molar-refractivity contribution in [1.82, 2.24) is 5.32 Å². The quantitative estimate of drug-likeness (QED) is 0.296. The van der Waals surface area contributed by atoms with Gasteiger partial charge in [-0.1, -0.05) is 12.1 Å². The normalized spacial score (nSPS) is 28.5. The summed E-state index contributed by atoms with van der Waals surface area (Å²) in [7, 11) is 0. The summed E-state index contributed by atoms with van der Waals surface area (Å²) < 4.78 is 5.20. The van der Waals surface area contributed by atoms with Crippen LogP contribution in [0.25, 0.3) is 0 Å². The number of aryl methyl sites for hydroxylation is 1. The van der Waals surface area contributed by atoms with Crippen LogP contribution in [0.1, 0.15) is 18.4 Å². The first-order valence-electron chi connectivity index (χ1n) is 8.16. The minimum atomic E-state index is -1.55. The second-order valence-corrected chi connectivity index (χ2v) is 6.09. The highest BCUT2D eigenvalue weighted by Gasteiger charge is 2.43. The fourth-order valence-electron chi connectivity index (χ4n) is 2.69. The van der Waals surface area contributed by atoms with E-state index in [2.05, 4.69) is 5.32 Å². The lowest BCUT2D eigenvalue weighted by Crippen LogP contribution is -2.63. The van der Waals surface area contributed by atoms with Gasteiger partial charge in [0.25, 0.3) is 5.69 Å². The Morgan fingerprint density at radius 2 is 1.81 bits per heavy atom. The van der Waals surface area contributed by atoms with Gasteiger partial charge in [0.15, 0.2) is 6.23 Å². The van der Waals surface area contributed by atoms with Crippen LogP contribution < -0.4 is 5.32 Å². The molecule has 5 N–H and O–H groups in total. The van der Waals surface area contributed by atoms with Crippen molar-refractivity contribution in [3.8, 4) is 0 Å². The van der Waals surface area contributed by atoms with Crippen molar-refractivity contribution in [3.05, 3.63) is 39.9 Å². The van der Waals surface area contributed by atoms with Crippen molar-refractivity contribution in [3.63, 3.8) is 0 Å². The van der Waals surface area contributed by atoms with Gasteiger partial charge in [0.1, 0.15) is 24.4 Å². The van der Waals surface area contributed by atoms with Gasteiger partial charge >= 0.3 is 0 Å². The van der Waals surface area contributed by atoms with Crippen LogP contribution in [0.5, 0.6) is 0 Å². The molecule has 1 aromatic carbocycles. The number of hydrogen-bond acceptors (Lipinski definition) is 8. The molecule has 26 heavy (non-hydrogen) atoms. The van der Waals surface area contributed by atoms with E-state index in [0.717, 1.165) is 5.56 Å². The number of nitro benzene ring substituents is 1. The summed E-state index contributed by atoms with van der Waals surface area (Å²) in [6, 6.07) is 6.02. The van der Waals surface area contributed by atoms with Crippen molar-refractivity contribution in [2.45, 2.75) is 49.9 Å². The van der Waals surface area contributed by atoms with Crippen LogP contribution in [0.2, 0.25) is 0 Å². The second-order valence-electron chi connectivity index (χ2n) is 6.09. The molecule has 1 aliphatic rings. The van der Waals surface area contributed by atoms with Gasteiger partial charge in [-0.05, 0) is 18.4 Å². The highest BCUT2D eigenvalue weighted by atomic mass is 16.6. The molecule has 0 aromatic heterocycles. The van der Waals surface area contributed by atoms with Crippen molar-refractivity contribution >= 4 is 11.6 Å². The molecular weight excluding hydrogens is 348 g/mol. The molecule has 1 fully saturated rings. The molecule has 0 saturated carbocycles. The number of ether oxygens (including phenoxy) is 1. The lowest BCUT2D eigenvalue weighted by molar-refractivity contribution is -0.384. The first kappa shape index (κ1) is 20.2. The Kier molecular flexibility index (Phi) is 7.00.